The quantitative estimate of drug-likeness (QED) is 0.753. The summed E-state index contributed by atoms with van der Waals surface area (Å²) in [5.74, 6) is 1.46. The maximum atomic E-state index is 11.8. The van der Waals surface area contributed by atoms with Crippen molar-refractivity contribution in [2.24, 2.45) is 5.92 Å². The first-order valence-electron chi connectivity index (χ1n) is 5.82. The average Bonchev–Trinajstić information content (AvgIpc) is 2.75. The summed E-state index contributed by atoms with van der Waals surface area (Å²) >= 11 is 0. The van der Waals surface area contributed by atoms with Gasteiger partial charge in [0, 0.05) is 19.0 Å². The van der Waals surface area contributed by atoms with Crippen LogP contribution in [-0.2, 0) is 17.9 Å². The van der Waals surface area contributed by atoms with Crippen molar-refractivity contribution >= 4 is 5.78 Å². The lowest BCUT2D eigenvalue weighted by Gasteiger charge is -2.26. The van der Waals surface area contributed by atoms with Gasteiger partial charge in [0.1, 0.15) is 17.9 Å². The number of hydrogen-bond donors (Lipinski definition) is 0. The number of Topliss-reactive ketones (excluding diaryl/α,β-unsaturated/α-hetero) is 1. The zero-order chi connectivity index (χ0) is 11.5. The van der Waals surface area contributed by atoms with Gasteiger partial charge in [0.15, 0.2) is 0 Å². The summed E-state index contributed by atoms with van der Waals surface area (Å²) in [6.07, 6.45) is 2.67. The van der Waals surface area contributed by atoms with Crippen LogP contribution in [0.1, 0.15) is 26.1 Å². The molecule has 0 bridgehead atoms. The van der Waals surface area contributed by atoms with Gasteiger partial charge >= 0.3 is 0 Å². The fourth-order valence-corrected chi connectivity index (χ4v) is 1.86. The third kappa shape index (κ3) is 2.29. The number of rotatable bonds is 4. The molecule has 0 N–H and O–H groups in total. The Morgan fingerprint density at radius 1 is 1.56 bits per heavy atom. The molecule has 2 heterocycles. The van der Waals surface area contributed by atoms with Crippen molar-refractivity contribution in [3.63, 3.8) is 0 Å². The van der Waals surface area contributed by atoms with Gasteiger partial charge in [0.25, 0.3) is 0 Å². The average molecular weight is 222 g/mol. The lowest BCUT2D eigenvalue weighted by molar-refractivity contribution is -0.123. The van der Waals surface area contributed by atoms with E-state index in [0.717, 1.165) is 31.9 Å². The van der Waals surface area contributed by atoms with Crippen LogP contribution in [0.15, 0.2) is 6.33 Å². The van der Waals surface area contributed by atoms with E-state index in [-0.39, 0.29) is 5.92 Å². The van der Waals surface area contributed by atoms with Crippen LogP contribution < -0.4 is 0 Å². The molecule has 0 aliphatic carbocycles. The number of hydrogen-bond acceptors (Lipinski definition) is 4. The molecule has 0 amide bonds. The van der Waals surface area contributed by atoms with Crippen molar-refractivity contribution in [1.29, 1.82) is 0 Å². The fourth-order valence-electron chi connectivity index (χ4n) is 1.86. The molecule has 1 aromatic heterocycles. The van der Waals surface area contributed by atoms with Gasteiger partial charge in [-0.1, -0.05) is 13.8 Å². The molecule has 1 aromatic rings. The lowest BCUT2D eigenvalue weighted by Crippen LogP contribution is -2.38. The van der Waals surface area contributed by atoms with Crippen LogP contribution in [0.2, 0.25) is 0 Å². The van der Waals surface area contributed by atoms with E-state index >= 15 is 0 Å². The summed E-state index contributed by atoms with van der Waals surface area (Å²) in [7, 11) is 0. The molecule has 1 aliphatic heterocycles. The van der Waals surface area contributed by atoms with Crippen molar-refractivity contribution in [2.75, 3.05) is 13.1 Å². The van der Waals surface area contributed by atoms with E-state index in [1.54, 1.807) is 6.33 Å². The second kappa shape index (κ2) is 4.74. The van der Waals surface area contributed by atoms with Crippen LogP contribution in [0.5, 0.6) is 0 Å². The topological polar surface area (TPSA) is 51.0 Å². The van der Waals surface area contributed by atoms with E-state index in [2.05, 4.69) is 22.0 Å². The van der Waals surface area contributed by atoms with Crippen molar-refractivity contribution < 1.29 is 4.79 Å². The number of carbonyl (C=O) groups is 1. The molecule has 0 spiro atoms. The minimum atomic E-state index is 0.166. The number of carbonyl (C=O) groups excluding carboxylic acids is 1. The van der Waals surface area contributed by atoms with Gasteiger partial charge < -0.3 is 4.57 Å². The van der Waals surface area contributed by atoms with Gasteiger partial charge in [-0.2, -0.15) is 0 Å². The summed E-state index contributed by atoms with van der Waals surface area (Å²) in [6.45, 7) is 7.12. The summed E-state index contributed by atoms with van der Waals surface area (Å²) in [4.78, 5) is 14.0. The van der Waals surface area contributed by atoms with E-state index in [9.17, 15) is 4.79 Å². The number of fused-ring (bicyclic) bond motifs is 1. The van der Waals surface area contributed by atoms with Gasteiger partial charge in [0.05, 0.1) is 13.1 Å². The summed E-state index contributed by atoms with van der Waals surface area (Å²) in [5.41, 5.74) is 0. The normalized spacial score (nSPS) is 18.1. The molecule has 5 nitrogen and oxygen atoms in total. The second-order valence-corrected chi connectivity index (χ2v) is 4.43. The predicted octanol–water partition coefficient (Wildman–Crippen LogP) is 0.709. The molecule has 0 saturated carbocycles. The van der Waals surface area contributed by atoms with Crippen molar-refractivity contribution in [2.45, 2.75) is 33.4 Å². The summed E-state index contributed by atoms with van der Waals surface area (Å²) in [6, 6.07) is 0. The van der Waals surface area contributed by atoms with Crippen molar-refractivity contribution in [3.8, 4) is 0 Å². The molecule has 0 radical (unpaired) electrons. The summed E-state index contributed by atoms with van der Waals surface area (Å²) < 4.78 is 2.05. The molecular formula is C11H18N4O. The van der Waals surface area contributed by atoms with Crippen LogP contribution in [0.3, 0.4) is 0 Å². The Morgan fingerprint density at radius 3 is 3.12 bits per heavy atom. The second-order valence-electron chi connectivity index (χ2n) is 4.43. The van der Waals surface area contributed by atoms with Crippen LogP contribution in [0, 0.1) is 5.92 Å². The van der Waals surface area contributed by atoms with E-state index in [0.29, 0.717) is 12.3 Å². The maximum absolute atomic E-state index is 11.8. The lowest BCUT2D eigenvalue weighted by atomic mass is 10.0. The summed E-state index contributed by atoms with van der Waals surface area (Å²) in [5, 5.41) is 7.91. The number of aromatic nitrogens is 3. The highest BCUT2D eigenvalue weighted by atomic mass is 16.1. The highest BCUT2D eigenvalue weighted by molar-refractivity contribution is 5.82. The SMILES string of the molecule is CCC(C)C(=O)CN1CCn2cnnc2C1. The Labute approximate surface area is 95.5 Å². The van der Waals surface area contributed by atoms with Crippen LogP contribution in [0.25, 0.3) is 0 Å². The molecule has 1 unspecified atom stereocenters. The van der Waals surface area contributed by atoms with Crippen molar-refractivity contribution in [1.82, 2.24) is 19.7 Å². The molecule has 0 aromatic carbocycles. The van der Waals surface area contributed by atoms with Crippen LogP contribution >= 0.6 is 0 Å². The molecule has 5 heteroatoms. The van der Waals surface area contributed by atoms with Gasteiger partial charge in [-0.05, 0) is 6.42 Å². The van der Waals surface area contributed by atoms with Gasteiger partial charge in [-0.15, -0.1) is 10.2 Å². The van der Waals surface area contributed by atoms with E-state index < -0.39 is 0 Å². The minimum absolute atomic E-state index is 0.166. The smallest absolute Gasteiger partial charge is 0.149 e. The standard InChI is InChI=1S/C11H18N4O/c1-3-9(2)10(16)6-14-4-5-15-8-12-13-11(15)7-14/h8-9H,3-7H2,1-2H3. The van der Waals surface area contributed by atoms with Gasteiger partial charge in [-0.25, -0.2) is 0 Å². The number of nitrogens with zero attached hydrogens (tertiary/aromatic N) is 4. The number of ketones is 1. The highest BCUT2D eigenvalue weighted by Crippen LogP contribution is 2.11. The highest BCUT2D eigenvalue weighted by Gasteiger charge is 2.21. The maximum Gasteiger partial charge on any atom is 0.149 e. The molecule has 16 heavy (non-hydrogen) atoms. The Kier molecular flexibility index (Phi) is 3.33. The first-order valence-corrected chi connectivity index (χ1v) is 5.82. The third-order valence-electron chi connectivity index (χ3n) is 3.26. The first kappa shape index (κ1) is 11.3. The first-order chi connectivity index (χ1) is 7.70. The fraction of sp³-hybridized carbons (Fsp3) is 0.727. The zero-order valence-electron chi connectivity index (χ0n) is 9.89. The molecule has 88 valence electrons. The Bertz CT molecular complexity index is 374. The molecule has 2 rings (SSSR count). The Hall–Kier alpha value is -1.23. The monoisotopic (exact) mass is 222 g/mol. The third-order valence-corrected chi connectivity index (χ3v) is 3.26. The molecule has 0 saturated heterocycles. The van der Waals surface area contributed by atoms with E-state index in [1.165, 1.54) is 0 Å². The Morgan fingerprint density at radius 2 is 2.38 bits per heavy atom. The van der Waals surface area contributed by atoms with Crippen molar-refractivity contribution in [3.05, 3.63) is 12.2 Å². The van der Waals surface area contributed by atoms with E-state index in [4.69, 9.17) is 0 Å². The minimum Gasteiger partial charge on any atom is -0.315 e. The van der Waals surface area contributed by atoms with Crippen LogP contribution in [0.4, 0.5) is 0 Å². The zero-order valence-corrected chi connectivity index (χ0v) is 9.89. The van der Waals surface area contributed by atoms with Gasteiger partial charge in [0.2, 0.25) is 0 Å². The Balaban J connectivity index is 1.92. The molecule has 0 fully saturated rings. The van der Waals surface area contributed by atoms with E-state index in [1.807, 2.05) is 11.5 Å². The molecular weight excluding hydrogens is 204 g/mol. The molecule has 1 aliphatic rings. The molecule has 1 atom stereocenters. The largest absolute Gasteiger partial charge is 0.315 e. The predicted molar refractivity (Wildman–Crippen MR) is 59.8 cm³/mol. The van der Waals surface area contributed by atoms with Crippen LogP contribution in [-0.4, -0.2) is 38.5 Å². The van der Waals surface area contributed by atoms with Gasteiger partial charge in [-0.3, -0.25) is 9.69 Å².